The molecule has 96 valence electrons. The number of anilines is 1. The second-order valence-corrected chi connectivity index (χ2v) is 7.01. The number of fused-ring (bicyclic) bond motifs is 1. The number of rotatable bonds is 3. The van der Waals surface area contributed by atoms with Crippen LogP contribution in [-0.4, -0.2) is 19.2 Å². The highest BCUT2D eigenvalue weighted by Crippen LogP contribution is 2.29. The van der Waals surface area contributed by atoms with Gasteiger partial charge in [0.15, 0.2) is 9.84 Å². The molecule has 1 aromatic heterocycles. The van der Waals surface area contributed by atoms with Crippen molar-refractivity contribution in [3.05, 3.63) is 28.9 Å². The predicted octanol–water partition coefficient (Wildman–Crippen LogP) is 2.76. The molecule has 0 fully saturated rings. The van der Waals surface area contributed by atoms with Gasteiger partial charge >= 0.3 is 0 Å². The lowest BCUT2D eigenvalue weighted by molar-refractivity contribution is 0.595. The SMILES string of the molecule is CCCS(=O)(=O)c1ccc(N)c2cc(Br)cnc12. The van der Waals surface area contributed by atoms with E-state index in [2.05, 4.69) is 20.9 Å². The lowest BCUT2D eigenvalue weighted by Crippen LogP contribution is -2.07. The molecular formula is C12H13BrN2O2S. The fourth-order valence-electron chi connectivity index (χ4n) is 1.82. The number of hydrogen-bond acceptors (Lipinski definition) is 4. The number of nitrogens with two attached hydrogens (primary N) is 1. The normalized spacial score (nSPS) is 11.9. The summed E-state index contributed by atoms with van der Waals surface area (Å²) in [6.07, 6.45) is 2.15. The van der Waals surface area contributed by atoms with E-state index in [1.165, 1.54) is 6.07 Å². The van der Waals surface area contributed by atoms with Crippen molar-refractivity contribution in [2.24, 2.45) is 0 Å². The Morgan fingerprint density at radius 3 is 2.78 bits per heavy atom. The fourth-order valence-corrected chi connectivity index (χ4v) is 3.64. The first-order chi connectivity index (χ1) is 8.45. The van der Waals surface area contributed by atoms with Gasteiger partial charge in [-0.2, -0.15) is 0 Å². The van der Waals surface area contributed by atoms with Crippen LogP contribution in [0.25, 0.3) is 10.9 Å². The van der Waals surface area contributed by atoms with Crippen molar-refractivity contribution in [2.45, 2.75) is 18.2 Å². The monoisotopic (exact) mass is 328 g/mol. The van der Waals surface area contributed by atoms with Crippen molar-refractivity contribution in [1.82, 2.24) is 4.98 Å². The highest BCUT2D eigenvalue weighted by Gasteiger charge is 2.18. The number of nitrogen functional groups attached to an aromatic ring is 1. The van der Waals surface area contributed by atoms with E-state index >= 15 is 0 Å². The van der Waals surface area contributed by atoms with Gasteiger partial charge in [-0.1, -0.05) is 6.92 Å². The number of aromatic nitrogens is 1. The molecule has 18 heavy (non-hydrogen) atoms. The van der Waals surface area contributed by atoms with Gasteiger partial charge in [-0.05, 0) is 40.5 Å². The van der Waals surface area contributed by atoms with Crippen LogP contribution in [0.4, 0.5) is 5.69 Å². The third-order valence-electron chi connectivity index (χ3n) is 2.62. The van der Waals surface area contributed by atoms with Crippen molar-refractivity contribution < 1.29 is 8.42 Å². The van der Waals surface area contributed by atoms with Crippen molar-refractivity contribution in [3.8, 4) is 0 Å². The summed E-state index contributed by atoms with van der Waals surface area (Å²) in [6, 6.07) is 4.92. The van der Waals surface area contributed by atoms with E-state index in [4.69, 9.17) is 5.73 Å². The van der Waals surface area contributed by atoms with Crippen LogP contribution in [0.1, 0.15) is 13.3 Å². The van der Waals surface area contributed by atoms with Crippen molar-refractivity contribution >= 4 is 42.4 Å². The fraction of sp³-hybridized carbons (Fsp3) is 0.250. The van der Waals surface area contributed by atoms with Crippen molar-refractivity contribution in [3.63, 3.8) is 0 Å². The van der Waals surface area contributed by atoms with Crippen molar-refractivity contribution in [2.75, 3.05) is 11.5 Å². The summed E-state index contributed by atoms with van der Waals surface area (Å²) in [5.74, 6) is 0.115. The molecule has 0 saturated heterocycles. The summed E-state index contributed by atoms with van der Waals surface area (Å²) in [6.45, 7) is 1.83. The first-order valence-corrected chi connectivity index (χ1v) is 7.96. The number of benzene rings is 1. The summed E-state index contributed by atoms with van der Waals surface area (Å²) in [7, 11) is -3.30. The zero-order valence-electron chi connectivity index (χ0n) is 9.85. The molecule has 1 heterocycles. The van der Waals surface area contributed by atoms with Crippen molar-refractivity contribution in [1.29, 1.82) is 0 Å². The molecule has 0 amide bonds. The Morgan fingerprint density at radius 2 is 2.11 bits per heavy atom. The van der Waals surface area contributed by atoms with Gasteiger partial charge < -0.3 is 5.73 Å². The summed E-state index contributed by atoms with van der Waals surface area (Å²) in [5.41, 5.74) is 6.81. The maximum absolute atomic E-state index is 12.1. The lowest BCUT2D eigenvalue weighted by Gasteiger charge is -2.08. The van der Waals surface area contributed by atoms with E-state index in [1.54, 1.807) is 18.3 Å². The molecule has 0 atom stereocenters. The van der Waals surface area contributed by atoms with Gasteiger partial charge in [0.05, 0.1) is 16.2 Å². The molecular weight excluding hydrogens is 316 g/mol. The third kappa shape index (κ3) is 2.35. The molecule has 0 aliphatic heterocycles. The molecule has 2 aromatic rings. The van der Waals surface area contributed by atoms with Crippen LogP contribution < -0.4 is 5.73 Å². The minimum Gasteiger partial charge on any atom is -0.398 e. The number of nitrogens with zero attached hydrogens (tertiary/aromatic N) is 1. The van der Waals surface area contributed by atoms with Gasteiger partial charge in [0, 0.05) is 21.7 Å². The van der Waals surface area contributed by atoms with Crippen LogP contribution in [0.15, 0.2) is 33.8 Å². The zero-order valence-corrected chi connectivity index (χ0v) is 12.3. The van der Waals surface area contributed by atoms with E-state index < -0.39 is 9.84 Å². The van der Waals surface area contributed by atoms with Crippen LogP contribution >= 0.6 is 15.9 Å². The Morgan fingerprint density at radius 1 is 1.39 bits per heavy atom. The van der Waals surface area contributed by atoms with Gasteiger partial charge in [0.2, 0.25) is 0 Å². The average Bonchev–Trinajstić information content (AvgIpc) is 2.30. The summed E-state index contributed by atoms with van der Waals surface area (Å²) >= 11 is 3.30. The van der Waals surface area contributed by atoms with Crippen LogP contribution in [0.5, 0.6) is 0 Å². The summed E-state index contributed by atoms with van der Waals surface area (Å²) in [4.78, 5) is 4.43. The Bertz CT molecular complexity index is 699. The second-order valence-electron chi connectivity index (χ2n) is 4.02. The van der Waals surface area contributed by atoms with Crippen LogP contribution in [0.3, 0.4) is 0 Å². The van der Waals surface area contributed by atoms with Crippen LogP contribution in [-0.2, 0) is 9.84 Å². The van der Waals surface area contributed by atoms with E-state index in [0.29, 0.717) is 23.0 Å². The molecule has 0 radical (unpaired) electrons. The summed E-state index contributed by atoms with van der Waals surface area (Å²) < 4.78 is 25.1. The highest BCUT2D eigenvalue weighted by molar-refractivity contribution is 9.10. The quantitative estimate of drug-likeness (QED) is 0.879. The lowest BCUT2D eigenvalue weighted by atomic mass is 10.2. The third-order valence-corrected chi connectivity index (χ3v) is 5.00. The maximum atomic E-state index is 12.1. The molecule has 6 heteroatoms. The van der Waals surface area contributed by atoms with Gasteiger partial charge in [-0.3, -0.25) is 4.98 Å². The first kappa shape index (κ1) is 13.3. The molecule has 0 bridgehead atoms. The van der Waals surface area contributed by atoms with Gasteiger partial charge in [-0.15, -0.1) is 0 Å². The molecule has 4 nitrogen and oxygen atoms in total. The zero-order chi connectivity index (χ0) is 13.3. The van der Waals surface area contributed by atoms with E-state index in [0.717, 1.165) is 4.47 Å². The number of hydrogen-bond donors (Lipinski definition) is 1. The topological polar surface area (TPSA) is 73.0 Å². The molecule has 0 aliphatic carbocycles. The minimum absolute atomic E-state index is 0.115. The molecule has 2 N–H and O–H groups in total. The largest absolute Gasteiger partial charge is 0.398 e. The minimum atomic E-state index is -3.30. The molecule has 1 aromatic carbocycles. The molecule has 0 spiro atoms. The smallest absolute Gasteiger partial charge is 0.180 e. The Labute approximate surface area is 114 Å². The molecule has 0 aliphatic rings. The van der Waals surface area contributed by atoms with E-state index in [-0.39, 0.29) is 10.6 Å². The van der Waals surface area contributed by atoms with Crippen LogP contribution in [0, 0.1) is 0 Å². The standard InChI is InChI=1S/C12H13BrN2O2S/c1-2-5-18(16,17)11-4-3-10(14)9-6-8(13)7-15-12(9)11/h3-4,6-7H,2,5,14H2,1H3. The number of halogens is 1. The van der Waals surface area contributed by atoms with E-state index in [1.807, 2.05) is 6.92 Å². The van der Waals surface area contributed by atoms with Crippen LogP contribution in [0.2, 0.25) is 0 Å². The number of sulfone groups is 1. The number of pyridine rings is 1. The molecule has 2 rings (SSSR count). The van der Waals surface area contributed by atoms with E-state index in [9.17, 15) is 8.42 Å². The maximum Gasteiger partial charge on any atom is 0.180 e. The average molecular weight is 329 g/mol. The molecule has 0 unspecified atom stereocenters. The Kier molecular flexibility index (Phi) is 3.59. The first-order valence-electron chi connectivity index (χ1n) is 5.52. The Balaban J connectivity index is 2.78. The van der Waals surface area contributed by atoms with Gasteiger partial charge in [0.1, 0.15) is 0 Å². The highest BCUT2D eigenvalue weighted by atomic mass is 79.9. The molecule has 0 saturated carbocycles. The Hall–Kier alpha value is -1.14. The predicted molar refractivity (Wildman–Crippen MR) is 76.2 cm³/mol. The summed E-state index contributed by atoms with van der Waals surface area (Å²) in [5, 5.41) is 0.654. The van der Waals surface area contributed by atoms with Gasteiger partial charge in [-0.25, -0.2) is 8.42 Å². The second kappa shape index (κ2) is 4.85. The van der Waals surface area contributed by atoms with Gasteiger partial charge in [0.25, 0.3) is 0 Å².